The van der Waals surface area contributed by atoms with Crippen LogP contribution in [0.4, 0.5) is 11.4 Å². The zero-order chi connectivity index (χ0) is 21.6. The van der Waals surface area contributed by atoms with Crippen LogP contribution < -0.4 is 14.4 Å². The number of carbonyl (C=O) groups is 1. The van der Waals surface area contributed by atoms with E-state index in [1.54, 1.807) is 49.6 Å². The number of nitrogens with zero attached hydrogens (tertiary/aromatic N) is 1. The second kappa shape index (κ2) is 9.28. The second-order valence-electron chi connectivity index (χ2n) is 6.43. The van der Waals surface area contributed by atoms with Crippen LogP contribution in [0.15, 0.2) is 89.8 Å². The molecule has 0 saturated heterocycles. The summed E-state index contributed by atoms with van der Waals surface area (Å²) in [5.74, 6) is 0.424. The van der Waals surface area contributed by atoms with E-state index in [1.807, 2.05) is 30.3 Å². The van der Waals surface area contributed by atoms with Crippen molar-refractivity contribution >= 4 is 33.4 Å². The van der Waals surface area contributed by atoms with Gasteiger partial charge in [-0.2, -0.15) is 0 Å². The van der Waals surface area contributed by atoms with Crippen LogP contribution in [0.3, 0.4) is 0 Å². The van der Waals surface area contributed by atoms with E-state index in [1.165, 1.54) is 29.6 Å². The minimum absolute atomic E-state index is 0.139. The van der Waals surface area contributed by atoms with Crippen LogP contribution in [0.25, 0.3) is 6.08 Å². The Morgan fingerprint density at radius 2 is 1.57 bits per heavy atom. The van der Waals surface area contributed by atoms with Crippen molar-refractivity contribution in [2.24, 2.45) is 0 Å². The van der Waals surface area contributed by atoms with Crippen LogP contribution in [-0.2, 0) is 14.8 Å². The Morgan fingerprint density at radius 3 is 2.17 bits per heavy atom. The number of nitrogens with one attached hydrogen (secondary N) is 1. The average molecular weight is 423 g/mol. The molecule has 3 rings (SSSR count). The summed E-state index contributed by atoms with van der Waals surface area (Å²) in [7, 11) is -0.597. The van der Waals surface area contributed by atoms with Gasteiger partial charge in [-0.15, -0.1) is 0 Å². The molecule has 0 aliphatic carbocycles. The molecular formula is C23H22N2O4S. The first-order valence-corrected chi connectivity index (χ1v) is 10.6. The maximum atomic E-state index is 12.8. The third kappa shape index (κ3) is 5.07. The summed E-state index contributed by atoms with van der Waals surface area (Å²) in [4.78, 5) is 12.3. The number of carbonyl (C=O) groups excluding carboxylic acids is 1. The Bertz CT molecular complexity index is 1120. The molecule has 3 aromatic rings. The van der Waals surface area contributed by atoms with Gasteiger partial charge >= 0.3 is 0 Å². The van der Waals surface area contributed by atoms with Crippen LogP contribution in [0.5, 0.6) is 5.75 Å². The standard InChI is InChI=1S/C23H22N2O4S/c1-25(20-6-4-3-5-7-20)30(27,28)22-15-11-19(12-16-22)24-23(26)17-10-18-8-13-21(29-2)14-9-18/h3-17H,1-2H3,(H,24,26)/b17-10+. The number of para-hydroxylation sites is 1. The van der Waals surface area contributed by atoms with E-state index in [0.717, 1.165) is 11.3 Å². The van der Waals surface area contributed by atoms with Crippen molar-refractivity contribution in [3.8, 4) is 5.75 Å². The van der Waals surface area contributed by atoms with E-state index >= 15 is 0 Å². The van der Waals surface area contributed by atoms with Crippen LogP contribution in [-0.4, -0.2) is 28.5 Å². The predicted octanol–water partition coefficient (Wildman–Crippen LogP) is 4.17. The number of amides is 1. The van der Waals surface area contributed by atoms with E-state index in [0.29, 0.717) is 11.4 Å². The highest BCUT2D eigenvalue weighted by Crippen LogP contribution is 2.23. The molecule has 0 atom stereocenters. The summed E-state index contributed by atoms with van der Waals surface area (Å²) in [6.45, 7) is 0. The van der Waals surface area contributed by atoms with Crippen molar-refractivity contribution in [3.05, 3.63) is 90.5 Å². The van der Waals surface area contributed by atoms with E-state index in [2.05, 4.69) is 5.32 Å². The first kappa shape index (κ1) is 21.1. The third-order valence-corrected chi connectivity index (χ3v) is 6.24. The summed E-state index contributed by atoms with van der Waals surface area (Å²) in [6.07, 6.45) is 3.10. The van der Waals surface area contributed by atoms with Crippen LogP contribution >= 0.6 is 0 Å². The van der Waals surface area contributed by atoms with Crippen molar-refractivity contribution < 1.29 is 17.9 Å². The van der Waals surface area contributed by atoms with Gasteiger partial charge < -0.3 is 10.1 Å². The fourth-order valence-corrected chi connectivity index (χ4v) is 3.91. The van der Waals surface area contributed by atoms with Crippen molar-refractivity contribution in [2.75, 3.05) is 23.8 Å². The van der Waals surface area contributed by atoms with E-state index in [-0.39, 0.29) is 10.8 Å². The van der Waals surface area contributed by atoms with Crippen LogP contribution in [0.1, 0.15) is 5.56 Å². The Kier molecular flexibility index (Phi) is 6.54. The Hall–Kier alpha value is -3.58. The molecule has 0 heterocycles. The molecule has 1 amide bonds. The number of rotatable bonds is 7. The largest absolute Gasteiger partial charge is 0.497 e. The number of hydrogen-bond donors (Lipinski definition) is 1. The van der Waals surface area contributed by atoms with Gasteiger partial charge in [0.25, 0.3) is 10.0 Å². The molecule has 0 aliphatic rings. The van der Waals surface area contributed by atoms with Gasteiger partial charge in [0.1, 0.15) is 5.75 Å². The molecule has 0 fully saturated rings. The summed E-state index contributed by atoms with van der Waals surface area (Å²) in [5, 5.41) is 2.72. The molecule has 0 saturated carbocycles. The zero-order valence-corrected chi connectivity index (χ0v) is 17.5. The molecule has 0 unspecified atom stereocenters. The van der Waals surface area contributed by atoms with Crippen LogP contribution in [0, 0.1) is 0 Å². The smallest absolute Gasteiger partial charge is 0.264 e. The maximum Gasteiger partial charge on any atom is 0.264 e. The first-order chi connectivity index (χ1) is 14.4. The molecular weight excluding hydrogens is 400 g/mol. The Balaban J connectivity index is 1.66. The van der Waals surface area contributed by atoms with Gasteiger partial charge in [-0.3, -0.25) is 9.10 Å². The summed E-state index contributed by atoms with van der Waals surface area (Å²) in [5.41, 5.74) is 1.93. The molecule has 1 N–H and O–H groups in total. The number of hydrogen-bond acceptors (Lipinski definition) is 4. The molecule has 30 heavy (non-hydrogen) atoms. The predicted molar refractivity (Wildman–Crippen MR) is 119 cm³/mol. The Morgan fingerprint density at radius 1 is 0.933 bits per heavy atom. The number of benzene rings is 3. The minimum Gasteiger partial charge on any atom is -0.497 e. The highest BCUT2D eigenvalue weighted by atomic mass is 32.2. The number of ether oxygens (including phenoxy) is 1. The SMILES string of the molecule is COc1ccc(/C=C/C(=O)Nc2ccc(S(=O)(=O)N(C)c3ccccc3)cc2)cc1. The number of anilines is 2. The van der Waals surface area contributed by atoms with E-state index in [4.69, 9.17) is 4.74 Å². The molecule has 0 spiro atoms. The number of sulfonamides is 1. The lowest BCUT2D eigenvalue weighted by Gasteiger charge is -2.19. The molecule has 0 aliphatic heterocycles. The van der Waals surface area contributed by atoms with Gasteiger partial charge in [-0.1, -0.05) is 30.3 Å². The lowest BCUT2D eigenvalue weighted by molar-refractivity contribution is -0.111. The molecule has 0 aromatic heterocycles. The monoisotopic (exact) mass is 422 g/mol. The van der Waals surface area contributed by atoms with E-state index < -0.39 is 10.0 Å². The van der Waals surface area contributed by atoms with Gasteiger partial charge in [-0.05, 0) is 60.2 Å². The summed E-state index contributed by atoms with van der Waals surface area (Å²) < 4.78 is 31.9. The lowest BCUT2D eigenvalue weighted by Crippen LogP contribution is -2.26. The highest BCUT2D eigenvalue weighted by molar-refractivity contribution is 7.92. The van der Waals surface area contributed by atoms with Crippen molar-refractivity contribution in [1.29, 1.82) is 0 Å². The molecule has 0 radical (unpaired) electrons. The fourth-order valence-electron chi connectivity index (χ4n) is 2.72. The zero-order valence-electron chi connectivity index (χ0n) is 16.6. The van der Waals surface area contributed by atoms with Gasteiger partial charge in [-0.25, -0.2) is 8.42 Å². The molecule has 6 nitrogen and oxygen atoms in total. The van der Waals surface area contributed by atoms with Gasteiger partial charge in [0.05, 0.1) is 17.7 Å². The van der Waals surface area contributed by atoms with Gasteiger partial charge in [0.15, 0.2) is 0 Å². The Labute approximate surface area is 176 Å². The highest BCUT2D eigenvalue weighted by Gasteiger charge is 2.20. The topological polar surface area (TPSA) is 75.7 Å². The fraction of sp³-hybridized carbons (Fsp3) is 0.0870. The van der Waals surface area contributed by atoms with Gasteiger partial charge in [0, 0.05) is 18.8 Å². The minimum atomic E-state index is -3.69. The quantitative estimate of drug-likeness (QED) is 0.580. The summed E-state index contributed by atoms with van der Waals surface area (Å²) >= 11 is 0. The first-order valence-electron chi connectivity index (χ1n) is 9.17. The summed E-state index contributed by atoms with van der Waals surface area (Å²) in [6, 6.07) is 22.2. The van der Waals surface area contributed by atoms with Crippen LogP contribution in [0.2, 0.25) is 0 Å². The molecule has 3 aromatic carbocycles. The maximum absolute atomic E-state index is 12.8. The van der Waals surface area contributed by atoms with Crippen molar-refractivity contribution in [1.82, 2.24) is 0 Å². The number of methoxy groups -OCH3 is 1. The normalized spacial score (nSPS) is 11.3. The van der Waals surface area contributed by atoms with Crippen molar-refractivity contribution in [3.63, 3.8) is 0 Å². The second-order valence-corrected chi connectivity index (χ2v) is 8.40. The average Bonchev–Trinajstić information content (AvgIpc) is 2.78. The lowest BCUT2D eigenvalue weighted by atomic mass is 10.2. The molecule has 154 valence electrons. The van der Waals surface area contributed by atoms with E-state index in [9.17, 15) is 13.2 Å². The molecule has 0 bridgehead atoms. The van der Waals surface area contributed by atoms with Crippen molar-refractivity contribution in [2.45, 2.75) is 4.90 Å². The third-order valence-electron chi connectivity index (χ3n) is 4.44. The van der Waals surface area contributed by atoms with Gasteiger partial charge in [0.2, 0.25) is 5.91 Å². The molecule has 7 heteroatoms.